The van der Waals surface area contributed by atoms with Gasteiger partial charge in [-0.25, -0.2) is 9.97 Å². The number of aliphatic carboxylic acids is 1. The largest absolute Gasteiger partial charge is 0.481 e. The van der Waals surface area contributed by atoms with E-state index in [1.54, 1.807) is 12.3 Å². The number of carbonyl (C=O) groups is 1. The highest BCUT2D eigenvalue weighted by Gasteiger charge is 2.43. The van der Waals surface area contributed by atoms with Crippen LogP contribution in [0.15, 0.2) is 27.4 Å². The molecule has 3 atom stereocenters. The summed E-state index contributed by atoms with van der Waals surface area (Å²) in [5.74, 6) is 0.805. The predicted molar refractivity (Wildman–Crippen MR) is 182 cm³/mol. The molecule has 0 bridgehead atoms. The number of rotatable bonds is 12. The van der Waals surface area contributed by atoms with Gasteiger partial charge in [-0.3, -0.25) is 4.79 Å². The lowest BCUT2D eigenvalue weighted by Gasteiger charge is -2.30. The Hall–Kier alpha value is -4.55. The number of unbranched alkanes of at least 4 members (excludes halogenated alkanes) is 1. The van der Waals surface area contributed by atoms with Crippen molar-refractivity contribution in [2.24, 2.45) is 5.92 Å². The van der Waals surface area contributed by atoms with E-state index in [9.17, 15) is 15.2 Å². The molecule has 49 heavy (non-hydrogen) atoms. The summed E-state index contributed by atoms with van der Waals surface area (Å²) in [4.78, 5) is 31.6. The van der Waals surface area contributed by atoms with Gasteiger partial charge in [-0.1, -0.05) is 19.0 Å². The molecule has 15 heteroatoms. The molecular weight excluding hydrogens is 646 g/mol. The molecule has 6 rings (SSSR count). The first kappa shape index (κ1) is 34.3. The number of nitrogens with two attached hydrogens (primary N) is 1. The van der Waals surface area contributed by atoms with Crippen LogP contribution < -0.4 is 15.4 Å². The van der Waals surface area contributed by atoms with Crippen LogP contribution in [0.1, 0.15) is 93.4 Å². The Morgan fingerprint density at radius 3 is 2.84 bits per heavy atom. The molecule has 0 radical (unpaired) electrons. The molecule has 4 aromatic heterocycles. The summed E-state index contributed by atoms with van der Waals surface area (Å²) in [6, 6.07) is 6.01. The lowest BCUT2D eigenvalue weighted by molar-refractivity contribution is -0.140. The van der Waals surface area contributed by atoms with Crippen LogP contribution in [0, 0.1) is 17.2 Å². The van der Waals surface area contributed by atoms with Crippen molar-refractivity contribution >= 4 is 28.1 Å². The Balaban J connectivity index is 1.04. The standard InChI is InChI=1S/C34H43N9O5S/c1-20(2)27(32(44)45)23-17-26(40-47-23)46-16-6-5-13-42-14-8-15-43(21(3)19-42)25-10-12-37-30(38-25)31-39-33(48-41-31)34(4)11-7-9-24-28(34)22(18-35)29(36)49-24/h10,12,17,20-21,27H,5-9,11,13-16,19,36H2,1-4H3,(H,44,45)/t21-,27?,34-/m0/s1. The van der Waals surface area contributed by atoms with Gasteiger partial charge in [0.05, 0.1) is 17.6 Å². The number of aryl methyl sites for hydroxylation is 1. The third kappa shape index (κ3) is 7.11. The van der Waals surface area contributed by atoms with E-state index in [-0.39, 0.29) is 12.0 Å². The van der Waals surface area contributed by atoms with Crippen molar-refractivity contribution < 1.29 is 23.7 Å². The average Bonchev–Trinajstić information content (AvgIpc) is 3.79. The molecule has 1 aliphatic carbocycles. The minimum absolute atomic E-state index is 0.118. The second kappa shape index (κ2) is 14.5. The van der Waals surface area contributed by atoms with E-state index >= 15 is 0 Å². The maximum atomic E-state index is 11.6. The third-order valence-corrected chi connectivity index (χ3v) is 10.7. The van der Waals surface area contributed by atoms with Gasteiger partial charge in [0.2, 0.25) is 17.5 Å². The van der Waals surface area contributed by atoms with E-state index in [0.717, 1.165) is 81.0 Å². The zero-order valence-corrected chi connectivity index (χ0v) is 29.2. The van der Waals surface area contributed by atoms with Crippen molar-refractivity contribution in [1.29, 1.82) is 5.26 Å². The molecule has 1 saturated heterocycles. The monoisotopic (exact) mass is 689 g/mol. The van der Waals surface area contributed by atoms with E-state index in [4.69, 9.17) is 29.5 Å². The molecule has 260 valence electrons. The second-order valence-corrected chi connectivity index (χ2v) is 14.6. The van der Waals surface area contributed by atoms with Crippen molar-refractivity contribution in [3.8, 4) is 23.6 Å². The first-order valence-corrected chi connectivity index (χ1v) is 17.7. The van der Waals surface area contributed by atoms with Crippen molar-refractivity contribution in [2.75, 3.05) is 43.4 Å². The zero-order valence-electron chi connectivity index (χ0n) is 28.4. The van der Waals surface area contributed by atoms with E-state index in [2.05, 4.69) is 38.1 Å². The molecule has 2 aliphatic rings. The van der Waals surface area contributed by atoms with Crippen molar-refractivity contribution in [3.63, 3.8) is 0 Å². The van der Waals surface area contributed by atoms with Crippen LogP contribution in [-0.2, 0) is 16.6 Å². The molecule has 14 nitrogen and oxygen atoms in total. The van der Waals surface area contributed by atoms with Gasteiger partial charge >= 0.3 is 5.97 Å². The van der Waals surface area contributed by atoms with Gasteiger partial charge in [-0.05, 0) is 82.6 Å². The zero-order chi connectivity index (χ0) is 34.7. The van der Waals surface area contributed by atoms with Crippen LogP contribution in [0.5, 0.6) is 5.88 Å². The lowest BCUT2D eigenvalue weighted by atomic mass is 9.72. The normalized spacial score (nSPS) is 20.5. The van der Waals surface area contributed by atoms with E-state index in [0.29, 0.717) is 46.4 Å². The van der Waals surface area contributed by atoms with Gasteiger partial charge in [-0.2, -0.15) is 10.2 Å². The summed E-state index contributed by atoms with van der Waals surface area (Å²) in [6.45, 7) is 12.1. The summed E-state index contributed by atoms with van der Waals surface area (Å²) in [5.41, 5.74) is 7.01. The van der Waals surface area contributed by atoms with Crippen molar-refractivity contribution in [3.05, 3.63) is 46.0 Å². The number of hydrogen-bond donors (Lipinski definition) is 2. The maximum absolute atomic E-state index is 11.6. The molecule has 0 amide bonds. The highest BCUT2D eigenvalue weighted by Crippen LogP contribution is 2.48. The smallest absolute Gasteiger partial charge is 0.314 e. The van der Waals surface area contributed by atoms with Gasteiger partial charge < -0.3 is 34.4 Å². The van der Waals surface area contributed by atoms with Crippen LogP contribution in [0.4, 0.5) is 10.8 Å². The molecule has 5 heterocycles. The van der Waals surface area contributed by atoms with Crippen LogP contribution in [-0.4, -0.2) is 80.1 Å². The molecule has 0 aromatic carbocycles. The van der Waals surface area contributed by atoms with Crippen molar-refractivity contribution in [2.45, 2.75) is 83.6 Å². The number of thiophene rings is 1. The van der Waals surface area contributed by atoms with Crippen LogP contribution in [0.2, 0.25) is 0 Å². The van der Waals surface area contributed by atoms with E-state index in [1.165, 1.54) is 11.3 Å². The number of aromatic nitrogens is 5. The molecule has 3 N–H and O–H groups in total. The molecule has 0 saturated carbocycles. The summed E-state index contributed by atoms with van der Waals surface area (Å²) in [5, 5.41) is 28.0. The van der Waals surface area contributed by atoms with Gasteiger partial charge in [0, 0.05) is 41.8 Å². The highest BCUT2D eigenvalue weighted by molar-refractivity contribution is 7.16. The second-order valence-electron chi connectivity index (χ2n) is 13.5. The molecule has 1 fully saturated rings. The topological polar surface area (TPSA) is 194 Å². The van der Waals surface area contributed by atoms with Gasteiger partial charge in [-0.15, -0.1) is 11.3 Å². The van der Waals surface area contributed by atoms with Crippen LogP contribution in [0.3, 0.4) is 0 Å². The summed E-state index contributed by atoms with van der Waals surface area (Å²) in [6.07, 6.45) is 7.11. The minimum Gasteiger partial charge on any atom is -0.481 e. The van der Waals surface area contributed by atoms with Gasteiger partial charge in [0.15, 0.2) is 5.76 Å². The highest BCUT2D eigenvalue weighted by atomic mass is 32.1. The molecular formula is C34H43N9O5S. The molecule has 1 aliphatic heterocycles. The summed E-state index contributed by atoms with van der Waals surface area (Å²) < 4.78 is 16.8. The number of anilines is 2. The number of nitrogens with zero attached hydrogens (tertiary/aromatic N) is 8. The van der Waals surface area contributed by atoms with Crippen molar-refractivity contribution in [1.82, 2.24) is 30.2 Å². The summed E-state index contributed by atoms with van der Waals surface area (Å²) >= 11 is 1.48. The minimum atomic E-state index is -0.936. The Morgan fingerprint density at radius 2 is 2.06 bits per heavy atom. The number of nitrogen functional groups attached to an aromatic ring is 1. The number of hydrogen-bond acceptors (Lipinski definition) is 14. The average molecular weight is 690 g/mol. The number of carboxylic acid groups (broad SMARTS) is 1. The fraction of sp³-hybridized carbons (Fsp3) is 0.559. The Kier molecular flexibility index (Phi) is 10.2. The van der Waals surface area contributed by atoms with Crippen LogP contribution >= 0.6 is 11.3 Å². The van der Waals surface area contributed by atoms with E-state index < -0.39 is 17.3 Å². The fourth-order valence-electron chi connectivity index (χ4n) is 7.09. The number of carboxylic acids is 1. The molecule has 1 unspecified atom stereocenters. The van der Waals surface area contributed by atoms with E-state index in [1.807, 2.05) is 26.8 Å². The molecule has 0 spiro atoms. The first-order valence-electron chi connectivity index (χ1n) is 16.9. The number of nitriles is 1. The number of ether oxygens (including phenoxy) is 1. The van der Waals surface area contributed by atoms with Gasteiger partial charge in [0.25, 0.3) is 5.88 Å². The quantitative estimate of drug-likeness (QED) is 0.183. The third-order valence-electron chi connectivity index (χ3n) is 9.58. The maximum Gasteiger partial charge on any atom is 0.314 e. The SMILES string of the molecule is CC(C)C(C(=O)O)c1cc(OCCCCN2CCCN(c3ccnc(-c4noc([C@@]5(C)CCCc6sc(N)c(C#N)c65)n4)n3)[C@@H](C)C2)no1. The predicted octanol–water partition coefficient (Wildman–Crippen LogP) is 5.26. The lowest BCUT2D eigenvalue weighted by Crippen LogP contribution is -2.39. The number of fused-ring (bicyclic) bond motifs is 1. The summed E-state index contributed by atoms with van der Waals surface area (Å²) in [7, 11) is 0. The fourth-order valence-corrected chi connectivity index (χ4v) is 8.28. The Morgan fingerprint density at radius 1 is 1.22 bits per heavy atom. The molecule has 4 aromatic rings. The Bertz CT molecular complexity index is 1810. The first-order chi connectivity index (χ1) is 23.6. The van der Waals surface area contributed by atoms with Gasteiger partial charge in [0.1, 0.15) is 22.8 Å². The Labute approximate surface area is 289 Å². The van der Waals surface area contributed by atoms with Crippen LogP contribution in [0.25, 0.3) is 11.6 Å².